The number of hydrogen-bond donors (Lipinski definition) is 1. The van der Waals surface area contributed by atoms with Crippen molar-refractivity contribution in [3.8, 4) is 0 Å². The van der Waals surface area contributed by atoms with Crippen LogP contribution in [-0.4, -0.2) is 5.11 Å². The second-order valence-electron chi connectivity index (χ2n) is 6.07. The van der Waals surface area contributed by atoms with Crippen LogP contribution in [-0.2, 0) is 5.60 Å². The number of rotatable bonds is 1. The Morgan fingerprint density at radius 1 is 1.38 bits per heavy atom. The lowest BCUT2D eigenvalue weighted by Gasteiger charge is -2.45. The third-order valence-corrected chi connectivity index (χ3v) is 3.87. The second-order valence-corrected chi connectivity index (χ2v) is 6.07. The number of aliphatic hydroxyl groups is 1. The maximum absolute atomic E-state index is 10.9. The molecule has 1 aliphatic carbocycles. The van der Waals surface area contributed by atoms with Gasteiger partial charge in [0, 0.05) is 0 Å². The molecule has 0 saturated heterocycles. The molecule has 1 aliphatic rings. The van der Waals surface area contributed by atoms with Crippen molar-refractivity contribution in [1.29, 1.82) is 0 Å². The van der Waals surface area contributed by atoms with Crippen molar-refractivity contribution < 1.29 is 9.52 Å². The Labute approximate surface area is 97.7 Å². The monoisotopic (exact) mass is 222 g/mol. The lowest BCUT2D eigenvalue weighted by molar-refractivity contribution is -0.109. The third-order valence-electron chi connectivity index (χ3n) is 3.87. The zero-order valence-corrected chi connectivity index (χ0v) is 10.5. The highest BCUT2D eigenvalue weighted by molar-refractivity contribution is 5.13. The molecule has 2 unspecified atom stereocenters. The zero-order valence-electron chi connectivity index (χ0n) is 10.5. The predicted octanol–water partition coefficient (Wildman–Crippen LogP) is 3.70. The quantitative estimate of drug-likeness (QED) is 0.786. The van der Waals surface area contributed by atoms with Crippen molar-refractivity contribution in [2.45, 2.75) is 52.1 Å². The fourth-order valence-electron chi connectivity index (χ4n) is 3.13. The van der Waals surface area contributed by atoms with Gasteiger partial charge in [-0.2, -0.15) is 0 Å². The van der Waals surface area contributed by atoms with Crippen LogP contribution in [0.3, 0.4) is 0 Å². The van der Waals surface area contributed by atoms with Crippen molar-refractivity contribution >= 4 is 0 Å². The molecular formula is C14H22O2. The highest BCUT2D eigenvalue weighted by atomic mass is 16.4. The Morgan fingerprint density at radius 2 is 2.12 bits per heavy atom. The van der Waals surface area contributed by atoms with Gasteiger partial charge in [-0.15, -0.1) is 0 Å². The van der Waals surface area contributed by atoms with Gasteiger partial charge in [-0.05, 0) is 36.3 Å². The maximum Gasteiger partial charge on any atom is 0.135 e. The lowest BCUT2D eigenvalue weighted by Crippen LogP contribution is -2.44. The van der Waals surface area contributed by atoms with Crippen LogP contribution < -0.4 is 0 Å². The van der Waals surface area contributed by atoms with Crippen molar-refractivity contribution in [3.05, 3.63) is 24.2 Å². The highest BCUT2D eigenvalue weighted by Gasteiger charge is 2.47. The Hall–Kier alpha value is -0.760. The second kappa shape index (κ2) is 3.92. The van der Waals surface area contributed by atoms with Crippen molar-refractivity contribution in [3.63, 3.8) is 0 Å². The first kappa shape index (κ1) is 11.7. The summed E-state index contributed by atoms with van der Waals surface area (Å²) in [6.07, 6.45) is 5.86. The molecule has 1 heterocycles. The number of furan rings is 1. The lowest BCUT2D eigenvalue weighted by atomic mass is 9.63. The molecule has 16 heavy (non-hydrogen) atoms. The van der Waals surface area contributed by atoms with Gasteiger partial charge in [0.15, 0.2) is 0 Å². The summed E-state index contributed by atoms with van der Waals surface area (Å²) in [4.78, 5) is 0. The predicted molar refractivity (Wildman–Crippen MR) is 64.0 cm³/mol. The van der Waals surface area contributed by atoms with E-state index in [4.69, 9.17) is 4.42 Å². The van der Waals surface area contributed by atoms with Gasteiger partial charge >= 0.3 is 0 Å². The number of hydrogen-bond acceptors (Lipinski definition) is 2. The molecule has 0 aromatic carbocycles. The van der Waals surface area contributed by atoms with Crippen LogP contribution in [0.15, 0.2) is 22.8 Å². The molecule has 1 aromatic heterocycles. The normalized spacial score (nSPS) is 31.6. The first-order valence-electron chi connectivity index (χ1n) is 6.21. The van der Waals surface area contributed by atoms with E-state index >= 15 is 0 Å². The molecular weight excluding hydrogens is 200 g/mol. The average molecular weight is 222 g/mol. The Balaban J connectivity index is 2.35. The van der Waals surface area contributed by atoms with Crippen LogP contribution in [0.5, 0.6) is 0 Å². The van der Waals surface area contributed by atoms with Gasteiger partial charge in [0.05, 0.1) is 6.26 Å². The first-order valence-corrected chi connectivity index (χ1v) is 6.21. The summed E-state index contributed by atoms with van der Waals surface area (Å²) in [5.74, 6) is 1.02. The molecule has 0 aliphatic heterocycles. The molecule has 0 amide bonds. The summed E-state index contributed by atoms with van der Waals surface area (Å²) in [5.41, 5.74) is -0.651. The molecule has 2 nitrogen and oxygen atoms in total. The first-order chi connectivity index (χ1) is 7.44. The molecule has 2 heteroatoms. The minimum absolute atomic E-state index is 0.113. The standard InChI is InChI=1S/C14H22O2/c1-13(2,3)11-7-4-5-9-14(11,15)12-8-6-10-16-12/h6,8,10-11,15H,4-5,7,9H2,1-3H3. The van der Waals surface area contributed by atoms with Crippen LogP contribution in [0.4, 0.5) is 0 Å². The minimum Gasteiger partial charge on any atom is -0.466 e. The Morgan fingerprint density at radius 3 is 2.69 bits per heavy atom. The van der Waals surface area contributed by atoms with Gasteiger partial charge in [0.2, 0.25) is 0 Å². The summed E-state index contributed by atoms with van der Waals surface area (Å²) in [6.45, 7) is 6.62. The average Bonchev–Trinajstić information content (AvgIpc) is 2.69. The van der Waals surface area contributed by atoms with Gasteiger partial charge in [0.25, 0.3) is 0 Å². The van der Waals surface area contributed by atoms with Crippen LogP contribution in [0.1, 0.15) is 52.2 Å². The molecule has 1 N–H and O–H groups in total. The molecule has 1 saturated carbocycles. The Kier molecular flexibility index (Phi) is 2.87. The van der Waals surface area contributed by atoms with Crippen molar-refractivity contribution in [1.82, 2.24) is 0 Å². The SMILES string of the molecule is CC(C)(C)C1CCCCC1(O)c1ccco1. The van der Waals surface area contributed by atoms with E-state index in [2.05, 4.69) is 20.8 Å². The van der Waals surface area contributed by atoms with Crippen LogP contribution in [0.25, 0.3) is 0 Å². The highest BCUT2D eigenvalue weighted by Crippen LogP contribution is 2.49. The van der Waals surface area contributed by atoms with E-state index in [1.165, 1.54) is 6.42 Å². The maximum atomic E-state index is 10.9. The van der Waals surface area contributed by atoms with Gasteiger partial charge in [-0.3, -0.25) is 0 Å². The molecule has 2 atom stereocenters. The van der Waals surface area contributed by atoms with Crippen molar-refractivity contribution in [2.75, 3.05) is 0 Å². The van der Waals surface area contributed by atoms with E-state index < -0.39 is 5.60 Å². The zero-order chi connectivity index (χ0) is 11.8. The molecule has 1 fully saturated rings. The summed E-state index contributed by atoms with van der Waals surface area (Å²) in [5, 5.41) is 10.9. The van der Waals surface area contributed by atoms with E-state index in [1.54, 1.807) is 6.26 Å². The van der Waals surface area contributed by atoms with Gasteiger partial charge in [-0.1, -0.05) is 33.6 Å². The summed E-state index contributed by atoms with van der Waals surface area (Å²) in [6, 6.07) is 3.77. The largest absolute Gasteiger partial charge is 0.466 e. The summed E-state index contributed by atoms with van der Waals surface area (Å²) in [7, 11) is 0. The van der Waals surface area contributed by atoms with Crippen LogP contribution >= 0.6 is 0 Å². The van der Waals surface area contributed by atoms with E-state index in [1.807, 2.05) is 12.1 Å². The molecule has 0 bridgehead atoms. The van der Waals surface area contributed by atoms with E-state index in [0.29, 0.717) is 0 Å². The van der Waals surface area contributed by atoms with Crippen LogP contribution in [0.2, 0.25) is 0 Å². The van der Waals surface area contributed by atoms with Gasteiger partial charge in [-0.25, -0.2) is 0 Å². The molecule has 1 aromatic rings. The fourth-order valence-corrected chi connectivity index (χ4v) is 3.13. The third kappa shape index (κ3) is 1.91. The topological polar surface area (TPSA) is 33.4 Å². The molecule has 0 radical (unpaired) electrons. The van der Waals surface area contributed by atoms with Gasteiger partial charge < -0.3 is 9.52 Å². The fraction of sp³-hybridized carbons (Fsp3) is 0.714. The smallest absolute Gasteiger partial charge is 0.135 e. The molecule has 2 rings (SSSR count). The Bertz CT molecular complexity index is 334. The molecule has 0 spiro atoms. The summed E-state index contributed by atoms with van der Waals surface area (Å²) < 4.78 is 5.45. The minimum atomic E-state index is -0.764. The van der Waals surface area contributed by atoms with Crippen LogP contribution in [0, 0.1) is 11.3 Å². The molecule has 90 valence electrons. The van der Waals surface area contributed by atoms with E-state index in [-0.39, 0.29) is 11.3 Å². The van der Waals surface area contributed by atoms with E-state index in [0.717, 1.165) is 25.0 Å². The summed E-state index contributed by atoms with van der Waals surface area (Å²) >= 11 is 0. The van der Waals surface area contributed by atoms with Crippen molar-refractivity contribution in [2.24, 2.45) is 11.3 Å². The van der Waals surface area contributed by atoms with E-state index in [9.17, 15) is 5.11 Å². The van der Waals surface area contributed by atoms with Gasteiger partial charge in [0.1, 0.15) is 11.4 Å².